The topological polar surface area (TPSA) is 97.1 Å². The Morgan fingerprint density at radius 2 is 2.09 bits per heavy atom. The second-order valence-electron chi connectivity index (χ2n) is 4.37. The molecule has 0 unspecified atom stereocenters. The van der Waals surface area contributed by atoms with Crippen molar-refractivity contribution in [1.29, 1.82) is 0 Å². The van der Waals surface area contributed by atoms with Crippen molar-refractivity contribution in [2.75, 3.05) is 13.6 Å². The molecule has 0 atom stereocenters. The van der Waals surface area contributed by atoms with Crippen molar-refractivity contribution in [3.05, 3.63) is 41.5 Å². The zero-order valence-corrected chi connectivity index (χ0v) is 13.1. The maximum atomic E-state index is 12.1. The number of hydrogen-bond acceptors (Lipinski definition) is 6. The van der Waals surface area contributed by atoms with Gasteiger partial charge in [-0.3, -0.25) is 9.59 Å². The lowest BCUT2D eigenvalue weighted by atomic mass is 10.2. The highest BCUT2D eigenvalue weighted by molar-refractivity contribution is 7.98. The van der Waals surface area contributed by atoms with Gasteiger partial charge in [-0.15, -0.1) is 11.8 Å². The normalized spacial score (nSPS) is 10.3. The molecular weight excluding hydrogens is 304 g/mol. The molecule has 1 heterocycles. The summed E-state index contributed by atoms with van der Waals surface area (Å²) in [4.78, 5) is 28.2. The summed E-state index contributed by atoms with van der Waals surface area (Å²) in [6, 6.07) is 7.17. The lowest BCUT2D eigenvalue weighted by molar-refractivity contribution is -0.119. The van der Waals surface area contributed by atoms with Crippen LogP contribution in [0.5, 0.6) is 0 Å². The van der Waals surface area contributed by atoms with Gasteiger partial charge in [0.05, 0.1) is 17.9 Å². The molecule has 2 N–H and O–H groups in total. The predicted octanol–water partition coefficient (Wildman–Crippen LogP) is 1.15. The second kappa shape index (κ2) is 7.60. The average molecular weight is 320 g/mol. The van der Waals surface area contributed by atoms with Gasteiger partial charge in [-0.1, -0.05) is 17.3 Å². The number of hydrogen-bond donors (Lipinski definition) is 2. The number of rotatable bonds is 6. The van der Waals surface area contributed by atoms with Crippen LogP contribution in [0.2, 0.25) is 0 Å². The number of amides is 2. The third-order valence-corrected chi connectivity index (χ3v) is 3.82. The first-order valence-corrected chi connectivity index (χ1v) is 7.58. The Balaban J connectivity index is 2.02. The van der Waals surface area contributed by atoms with Crippen LogP contribution in [0.25, 0.3) is 0 Å². The van der Waals surface area contributed by atoms with Gasteiger partial charge in [0.15, 0.2) is 5.82 Å². The number of carbonyl (C=O) groups is 2. The Kier molecular flexibility index (Phi) is 5.54. The predicted molar refractivity (Wildman–Crippen MR) is 81.4 cm³/mol. The lowest BCUT2D eigenvalue weighted by Crippen LogP contribution is -2.35. The Labute approximate surface area is 131 Å². The van der Waals surface area contributed by atoms with Crippen molar-refractivity contribution in [2.24, 2.45) is 0 Å². The highest BCUT2D eigenvalue weighted by Crippen LogP contribution is 2.25. The first-order chi connectivity index (χ1) is 10.6. The van der Waals surface area contributed by atoms with E-state index in [1.54, 1.807) is 19.1 Å². The van der Waals surface area contributed by atoms with Gasteiger partial charge < -0.3 is 15.2 Å². The number of carbonyl (C=O) groups excluding carboxylic acids is 2. The maximum Gasteiger partial charge on any atom is 0.252 e. The number of benzene rings is 1. The SMILES string of the molecule is CNC(=O)CNC(=O)c1ccccc1SCc1noc(C)n1. The van der Waals surface area contributed by atoms with Crippen LogP contribution in [0.3, 0.4) is 0 Å². The smallest absolute Gasteiger partial charge is 0.252 e. The molecular formula is C14H16N4O3S. The number of nitrogens with one attached hydrogen (secondary N) is 2. The highest BCUT2D eigenvalue weighted by Gasteiger charge is 2.13. The molecule has 0 spiro atoms. The van der Waals surface area contributed by atoms with Crippen LogP contribution in [0.1, 0.15) is 22.1 Å². The molecule has 8 heteroatoms. The molecule has 7 nitrogen and oxygen atoms in total. The van der Waals surface area contributed by atoms with E-state index < -0.39 is 0 Å². The van der Waals surface area contributed by atoms with Gasteiger partial charge in [0.2, 0.25) is 11.8 Å². The van der Waals surface area contributed by atoms with E-state index >= 15 is 0 Å². The molecule has 0 aliphatic carbocycles. The van der Waals surface area contributed by atoms with Crippen molar-refractivity contribution < 1.29 is 14.1 Å². The molecule has 0 aliphatic heterocycles. The number of aromatic nitrogens is 2. The lowest BCUT2D eigenvalue weighted by Gasteiger charge is -2.08. The molecule has 0 saturated carbocycles. The fourth-order valence-corrected chi connectivity index (χ4v) is 2.56. The molecule has 0 aliphatic rings. The fraction of sp³-hybridized carbons (Fsp3) is 0.286. The third-order valence-electron chi connectivity index (χ3n) is 2.75. The van der Waals surface area contributed by atoms with Crippen LogP contribution in [-0.2, 0) is 10.5 Å². The molecule has 2 amide bonds. The van der Waals surface area contributed by atoms with E-state index in [1.807, 2.05) is 12.1 Å². The molecule has 0 radical (unpaired) electrons. The molecule has 1 aromatic carbocycles. The van der Waals surface area contributed by atoms with Gasteiger partial charge in [0.25, 0.3) is 5.91 Å². The van der Waals surface area contributed by atoms with Crippen LogP contribution >= 0.6 is 11.8 Å². The quantitative estimate of drug-likeness (QED) is 0.775. The maximum absolute atomic E-state index is 12.1. The fourth-order valence-electron chi connectivity index (χ4n) is 1.67. The minimum Gasteiger partial charge on any atom is -0.358 e. The molecule has 0 fully saturated rings. The van der Waals surface area contributed by atoms with Gasteiger partial charge in [-0.25, -0.2) is 0 Å². The molecule has 1 aromatic heterocycles. The summed E-state index contributed by atoms with van der Waals surface area (Å²) in [5.41, 5.74) is 0.511. The van der Waals surface area contributed by atoms with E-state index in [1.165, 1.54) is 18.8 Å². The first kappa shape index (κ1) is 16.0. The minimum atomic E-state index is -0.295. The van der Waals surface area contributed by atoms with Crippen LogP contribution in [0.15, 0.2) is 33.7 Å². The van der Waals surface area contributed by atoms with E-state index in [4.69, 9.17) is 4.52 Å². The van der Waals surface area contributed by atoms with E-state index in [2.05, 4.69) is 20.8 Å². The zero-order valence-electron chi connectivity index (χ0n) is 12.3. The number of likely N-dealkylation sites (N-methyl/N-ethyl adjacent to an activating group) is 1. The van der Waals surface area contributed by atoms with Crippen LogP contribution in [-0.4, -0.2) is 35.5 Å². The van der Waals surface area contributed by atoms with E-state index in [0.717, 1.165) is 4.90 Å². The van der Waals surface area contributed by atoms with Crippen molar-refractivity contribution in [1.82, 2.24) is 20.8 Å². The molecule has 0 bridgehead atoms. The number of aryl methyl sites for hydroxylation is 1. The number of nitrogens with zero attached hydrogens (tertiary/aromatic N) is 2. The van der Waals surface area contributed by atoms with Gasteiger partial charge in [0, 0.05) is 18.9 Å². The van der Waals surface area contributed by atoms with Crippen molar-refractivity contribution in [3.63, 3.8) is 0 Å². The molecule has 22 heavy (non-hydrogen) atoms. The van der Waals surface area contributed by atoms with E-state index in [-0.39, 0.29) is 18.4 Å². The van der Waals surface area contributed by atoms with Gasteiger partial charge in [-0.2, -0.15) is 4.98 Å². The minimum absolute atomic E-state index is 0.0572. The summed E-state index contributed by atoms with van der Waals surface area (Å²) in [5, 5.41) is 8.84. The Hall–Kier alpha value is -2.35. The van der Waals surface area contributed by atoms with Crippen LogP contribution in [0.4, 0.5) is 0 Å². The average Bonchev–Trinajstić information content (AvgIpc) is 2.96. The van der Waals surface area contributed by atoms with Crippen molar-refractivity contribution in [3.8, 4) is 0 Å². The Bertz CT molecular complexity index is 672. The molecule has 2 rings (SSSR count). The van der Waals surface area contributed by atoms with Gasteiger partial charge in [0.1, 0.15) is 0 Å². The monoisotopic (exact) mass is 320 g/mol. The summed E-state index contributed by atoms with van der Waals surface area (Å²) in [6.07, 6.45) is 0. The first-order valence-electron chi connectivity index (χ1n) is 6.60. The number of thioether (sulfide) groups is 1. The summed E-state index contributed by atoms with van der Waals surface area (Å²) < 4.78 is 4.91. The largest absolute Gasteiger partial charge is 0.358 e. The standard InChI is InChI=1S/C14H16N4O3S/c1-9-17-12(18-21-9)8-22-11-6-4-3-5-10(11)14(20)16-7-13(19)15-2/h3-6H,7-8H2,1-2H3,(H,15,19)(H,16,20). The highest BCUT2D eigenvalue weighted by atomic mass is 32.2. The molecule has 116 valence electrons. The summed E-state index contributed by atoms with van der Waals surface area (Å²) in [7, 11) is 1.52. The summed E-state index contributed by atoms with van der Waals surface area (Å²) >= 11 is 1.44. The van der Waals surface area contributed by atoms with E-state index in [0.29, 0.717) is 23.0 Å². The Morgan fingerprint density at radius 1 is 1.32 bits per heavy atom. The summed E-state index contributed by atoms with van der Waals surface area (Å²) in [5.74, 6) is 1.03. The summed E-state index contributed by atoms with van der Waals surface area (Å²) in [6.45, 7) is 1.67. The van der Waals surface area contributed by atoms with Crippen molar-refractivity contribution in [2.45, 2.75) is 17.6 Å². The second-order valence-corrected chi connectivity index (χ2v) is 5.39. The molecule has 2 aromatic rings. The van der Waals surface area contributed by atoms with Crippen LogP contribution in [0, 0.1) is 6.92 Å². The van der Waals surface area contributed by atoms with Crippen molar-refractivity contribution >= 4 is 23.6 Å². The van der Waals surface area contributed by atoms with Gasteiger partial charge in [-0.05, 0) is 12.1 Å². The Morgan fingerprint density at radius 3 is 2.77 bits per heavy atom. The zero-order chi connectivity index (χ0) is 15.9. The third kappa shape index (κ3) is 4.32. The van der Waals surface area contributed by atoms with Gasteiger partial charge >= 0.3 is 0 Å². The molecule has 0 saturated heterocycles. The van der Waals surface area contributed by atoms with Crippen LogP contribution < -0.4 is 10.6 Å². The van der Waals surface area contributed by atoms with E-state index in [9.17, 15) is 9.59 Å².